The van der Waals surface area contributed by atoms with Gasteiger partial charge in [-0.25, -0.2) is 9.78 Å². The molecule has 9 nitrogen and oxygen atoms in total. The standard InChI is InChI=1S/C24H24F3N5O4/c1-34-21-6-5-19-22(29-21)20(7-8-28-19)31-11-9-30(10-12-31)14-18-15-32(23(33)35-18)16-3-2-4-17(13-16)36-24(25,26)27/h2-8,13,18H,9-12,14-15H2,1H3/t18-/m1/s1. The maximum Gasteiger partial charge on any atom is 0.573 e. The van der Waals surface area contributed by atoms with Gasteiger partial charge in [0.2, 0.25) is 5.88 Å². The van der Waals surface area contributed by atoms with Gasteiger partial charge in [-0.3, -0.25) is 14.8 Å². The van der Waals surface area contributed by atoms with Crippen molar-refractivity contribution in [2.24, 2.45) is 0 Å². The van der Waals surface area contributed by atoms with Gasteiger partial charge in [0.15, 0.2) is 0 Å². The minimum Gasteiger partial charge on any atom is -0.481 e. The number of hydrogen-bond acceptors (Lipinski definition) is 8. The number of hydrogen-bond donors (Lipinski definition) is 0. The van der Waals surface area contributed by atoms with Crippen molar-refractivity contribution in [1.29, 1.82) is 0 Å². The summed E-state index contributed by atoms with van der Waals surface area (Å²) < 4.78 is 52.4. The molecule has 0 spiro atoms. The predicted octanol–water partition coefficient (Wildman–Crippen LogP) is 3.68. The molecule has 2 aromatic heterocycles. The van der Waals surface area contributed by atoms with Crippen LogP contribution in [0.15, 0.2) is 48.7 Å². The Balaban J connectivity index is 1.19. The highest BCUT2D eigenvalue weighted by molar-refractivity contribution is 5.90. The number of nitrogens with zero attached hydrogens (tertiary/aromatic N) is 5. The number of aromatic nitrogens is 2. The Kier molecular flexibility index (Phi) is 6.44. The molecule has 0 radical (unpaired) electrons. The van der Waals surface area contributed by atoms with Crippen LogP contribution in [0.3, 0.4) is 0 Å². The molecule has 5 rings (SSSR count). The van der Waals surface area contributed by atoms with E-state index >= 15 is 0 Å². The van der Waals surface area contributed by atoms with Crippen LogP contribution in [0, 0.1) is 0 Å². The van der Waals surface area contributed by atoms with Gasteiger partial charge in [-0.15, -0.1) is 13.2 Å². The van der Waals surface area contributed by atoms with Crippen LogP contribution in [0.4, 0.5) is 29.3 Å². The van der Waals surface area contributed by atoms with Gasteiger partial charge in [0, 0.05) is 51.1 Å². The molecule has 4 heterocycles. The van der Waals surface area contributed by atoms with Crippen LogP contribution in [0.2, 0.25) is 0 Å². The number of rotatable bonds is 6. The van der Waals surface area contributed by atoms with Crippen LogP contribution >= 0.6 is 0 Å². The zero-order valence-electron chi connectivity index (χ0n) is 19.4. The van der Waals surface area contributed by atoms with Gasteiger partial charge in [-0.05, 0) is 24.3 Å². The number of carbonyl (C=O) groups is 1. The van der Waals surface area contributed by atoms with Crippen LogP contribution in [0.1, 0.15) is 0 Å². The summed E-state index contributed by atoms with van der Waals surface area (Å²) >= 11 is 0. The normalized spacial score (nSPS) is 19.0. The van der Waals surface area contributed by atoms with E-state index in [2.05, 4.69) is 24.5 Å². The smallest absolute Gasteiger partial charge is 0.481 e. The molecule has 1 aromatic carbocycles. The number of fused-ring (bicyclic) bond motifs is 1. The number of cyclic esters (lactones) is 1. The lowest BCUT2D eigenvalue weighted by atomic mass is 10.2. The fourth-order valence-electron chi connectivity index (χ4n) is 4.50. The second-order valence-electron chi connectivity index (χ2n) is 8.50. The molecule has 36 heavy (non-hydrogen) atoms. The van der Waals surface area contributed by atoms with Gasteiger partial charge in [-0.2, -0.15) is 0 Å². The summed E-state index contributed by atoms with van der Waals surface area (Å²) in [5.41, 5.74) is 2.85. The summed E-state index contributed by atoms with van der Waals surface area (Å²) in [4.78, 5) is 27.2. The van der Waals surface area contributed by atoms with Crippen LogP contribution < -0.4 is 19.3 Å². The predicted molar refractivity (Wildman–Crippen MR) is 125 cm³/mol. The SMILES string of the molecule is COc1ccc2nccc(N3CCN(C[C@@H]4CN(c5cccc(OC(F)(F)F)c5)C(=O)O4)CC3)c2n1. The molecule has 0 saturated carbocycles. The van der Waals surface area contributed by atoms with Crippen LogP contribution in [-0.2, 0) is 4.74 Å². The number of alkyl halides is 3. The molecule has 1 amide bonds. The van der Waals surface area contributed by atoms with E-state index in [0.29, 0.717) is 18.1 Å². The summed E-state index contributed by atoms with van der Waals surface area (Å²) in [6, 6.07) is 10.9. The van der Waals surface area contributed by atoms with Gasteiger partial charge in [0.1, 0.15) is 17.4 Å². The molecule has 0 aliphatic carbocycles. The zero-order chi connectivity index (χ0) is 25.3. The van der Waals surface area contributed by atoms with E-state index in [0.717, 1.165) is 42.9 Å². The first-order valence-corrected chi connectivity index (χ1v) is 11.4. The Morgan fingerprint density at radius 2 is 1.92 bits per heavy atom. The number of benzene rings is 1. The monoisotopic (exact) mass is 503 g/mol. The van der Waals surface area contributed by atoms with E-state index in [-0.39, 0.29) is 12.3 Å². The Morgan fingerprint density at radius 3 is 2.67 bits per heavy atom. The lowest BCUT2D eigenvalue weighted by Crippen LogP contribution is -2.49. The van der Waals surface area contributed by atoms with Crippen molar-refractivity contribution in [2.75, 3.05) is 56.2 Å². The van der Waals surface area contributed by atoms with E-state index in [9.17, 15) is 18.0 Å². The summed E-state index contributed by atoms with van der Waals surface area (Å²) in [6.07, 6.45) is -4.03. The number of methoxy groups -OCH3 is 1. The average molecular weight is 503 g/mol. The van der Waals surface area contributed by atoms with Crippen molar-refractivity contribution in [2.45, 2.75) is 12.5 Å². The molecular formula is C24H24F3N5O4. The lowest BCUT2D eigenvalue weighted by molar-refractivity contribution is -0.274. The molecule has 2 aliphatic rings. The fourth-order valence-corrected chi connectivity index (χ4v) is 4.50. The van der Waals surface area contributed by atoms with Gasteiger partial charge in [0.25, 0.3) is 0 Å². The number of anilines is 2. The number of halogens is 3. The number of carbonyl (C=O) groups excluding carboxylic acids is 1. The van der Waals surface area contributed by atoms with E-state index < -0.39 is 18.6 Å². The molecule has 2 fully saturated rings. The minimum atomic E-state index is -4.81. The quantitative estimate of drug-likeness (QED) is 0.504. The largest absolute Gasteiger partial charge is 0.573 e. The second kappa shape index (κ2) is 9.69. The zero-order valence-corrected chi connectivity index (χ0v) is 19.4. The molecule has 2 aliphatic heterocycles. The van der Waals surface area contributed by atoms with Gasteiger partial charge >= 0.3 is 12.5 Å². The van der Waals surface area contributed by atoms with Crippen molar-refractivity contribution < 1.29 is 32.2 Å². The number of pyridine rings is 2. The topological polar surface area (TPSA) is 80.3 Å². The van der Waals surface area contributed by atoms with E-state index in [4.69, 9.17) is 9.47 Å². The summed E-state index contributed by atoms with van der Waals surface area (Å²) in [5.74, 6) is 0.140. The summed E-state index contributed by atoms with van der Waals surface area (Å²) in [5, 5.41) is 0. The molecule has 3 aromatic rings. The number of piperazine rings is 1. The Hall–Kier alpha value is -3.80. The van der Waals surface area contributed by atoms with Gasteiger partial charge in [0.05, 0.1) is 30.5 Å². The fraction of sp³-hybridized carbons (Fsp3) is 0.375. The minimum absolute atomic E-state index is 0.243. The van der Waals surface area contributed by atoms with Crippen molar-refractivity contribution in [1.82, 2.24) is 14.9 Å². The van der Waals surface area contributed by atoms with E-state index in [1.165, 1.54) is 23.1 Å². The maximum absolute atomic E-state index is 12.5. The number of amides is 1. The molecule has 0 N–H and O–H groups in total. The van der Waals surface area contributed by atoms with Crippen molar-refractivity contribution in [3.63, 3.8) is 0 Å². The van der Waals surface area contributed by atoms with Crippen molar-refractivity contribution in [3.05, 3.63) is 48.7 Å². The Morgan fingerprint density at radius 1 is 1.11 bits per heavy atom. The molecule has 0 bridgehead atoms. The summed E-state index contributed by atoms with van der Waals surface area (Å²) in [7, 11) is 1.58. The first-order valence-electron chi connectivity index (χ1n) is 11.4. The first kappa shape index (κ1) is 23.9. The maximum atomic E-state index is 12.5. The third-order valence-corrected chi connectivity index (χ3v) is 6.16. The van der Waals surface area contributed by atoms with Crippen molar-refractivity contribution in [3.8, 4) is 11.6 Å². The molecule has 12 heteroatoms. The first-order chi connectivity index (χ1) is 17.3. The molecular weight excluding hydrogens is 479 g/mol. The average Bonchev–Trinajstić information content (AvgIpc) is 3.22. The third kappa shape index (κ3) is 5.23. The van der Waals surface area contributed by atoms with Crippen LogP contribution in [-0.4, -0.2) is 79.8 Å². The second-order valence-corrected chi connectivity index (χ2v) is 8.50. The molecule has 1 atom stereocenters. The number of ether oxygens (including phenoxy) is 3. The van der Waals surface area contributed by atoms with E-state index in [1.54, 1.807) is 25.4 Å². The molecule has 2 saturated heterocycles. The lowest BCUT2D eigenvalue weighted by Gasteiger charge is -2.36. The molecule has 190 valence electrons. The third-order valence-electron chi connectivity index (χ3n) is 6.16. The van der Waals surface area contributed by atoms with Crippen LogP contribution in [0.5, 0.6) is 11.6 Å². The highest BCUT2D eigenvalue weighted by atomic mass is 19.4. The molecule has 0 unspecified atom stereocenters. The highest BCUT2D eigenvalue weighted by Gasteiger charge is 2.35. The van der Waals surface area contributed by atoms with Crippen LogP contribution in [0.25, 0.3) is 11.0 Å². The van der Waals surface area contributed by atoms with Gasteiger partial charge < -0.3 is 19.1 Å². The summed E-state index contributed by atoms with van der Waals surface area (Å²) in [6.45, 7) is 3.76. The highest BCUT2D eigenvalue weighted by Crippen LogP contribution is 2.30. The Bertz CT molecular complexity index is 1250. The van der Waals surface area contributed by atoms with Gasteiger partial charge in [-0.1, -0.05) is 6.07 Å². The van der Waals surface area contributed by atoms with E-state index in [1.807, 2.05) is 12.1 Å². The van der Waals surface area contributed by atoms with Crippen molar-refractivity contribution >= 4 is 28.5 Å². The Labute approximate surface area is 205 Å².